The van der Waals surface area contributed by atoms with E-state index in [0.717, 1.165) is 23.9 Å². The summed E-state index contributed by atoms with van der Waals surface area (Å²) in [7, 11) is 0. The minimum Gasteiger partial charge on any atom is -0.369 e. The highest BCUT2D eigenvalue weighted by atomic mass is 32.1. The van der Waals surface area contributed by atoms with Crippen molar-refractivity contribution < 1.29 is 4.74 Å². The molecule has 1 atom stereocenters. The monoisotopic (exact) mass is 283 g/mol. The molecule has 0 radical (unpaired) electrons. The van der Waals surface area contributed by atoms with E-state index in [-0.39, 0.29) is 11.7 Å². The molecule has 4 nitrogen and oxygen atoms in total. The zero-order chi connectivity index (χ0) is 14.2. The predicted octanol–water partition coefficient (Wildman–Crippen LogP) is 2.73. The van der Waals surface area contributed by atoms with Gasteiger partial charge in [-0.3, -0.25) is 0 Å². The van der Waals surface area contributed by atoms with Crippen LogP contribution in [0.3, 0.4) is 0 Å². The standard InChI is InChI=1S/C14H25N3OS/c1-9(2)12-11(6-15)19-13(16-12)17-7-10(3)18-14(4,5)8-17/h9-10H,6-8,15H2,1-5H3. The molecule has 1 fully saturated rings. The Hall–Kier alpha value is -0.650. The van der Waals surface area contributed by atoms with Crippen molar-refractivity contribution in [3.8, 4) is 0 Å². The quantitative estimate of drug-likeness (QED) is 0.926. The largest absolute Gasteiger partial charge is 0.369 e. The lowest BCUT2D eigenvalue weighted by Crippen LogP contribution is -2.52. The fraction of sp³-hybridized carbons (Fsp3) is 0.786. The number of anilines is 1. The third-order valence-electron chi connectivity index (χ3n) is 3.29. The van der Waals surface area contributed by atoms with Crippen molar-refractivity contribution in [1.29, 1.82) is 0 Å². The van der Waals surface area contributed by atoms with Crippen LogP contribution >= 0.6 is 11.3 Å². The van der Waals surface area contributed by atoms with E-state index >= 15 is 0 Å². The summed E-state index contributed by atoms with van der Waals surface area (Å²) in [4.78, 5) is 8.36. The van der Waals surface area contributed by atoms with E-state index in [4.69, 9.17) is 15.5 Å². The molecule has 0 aromatic carbocycles. The highest BCUT2D eigenvalue weighted by molar-refractivity contribution is 7.15. The lowest BCUT2D eigenvalue weighted by molar-refractivity contribution is -0.0749. The Bertz CT molecular complexity index is 442. The van der Waals surface area contributed by atoms with Gasteiger partial charge in [0.25, 0.3) is 0 Å². The first-order chi connectivity index (χ1) is 8.82. The molecule has 0 aliphatic carbocycles. The van der Waals surface area contributed by atoms with Gasteiger partial charge in [0.2, 0.25) is 0 Å². The molecule has 108 valence electrons. The van der Waals surface area contributed by atoms with E-state index in [1.807, 2.05) is 0 Å². The van der Waals surface area contributed by atoms with Crippen LogP contribution in [0.2, 0.25) is 0 Å². The lowest BCUT2D eigenvalue weighted by Gasteiger charge is -2.41. The average molecular weight is 283 g/mol. The summed E-state index contributed by atoms with van der Waals surface area (Å²) >= 11 is 1.73. The second-order valence-corrected chi connectivity index (χ2v) is 7.29. The minimum atomic E-state index is -0.121. The van der Waals surface area contributed by atoms with Gasteiger partial charge in [0.15, 0.2) is 5.13 Å². The van der Waals surface area contributed by atoms with Gasteiger partial charge in [-0.15, -0.1) is 11.3 Å². The second-order valence-electron chi connectivity index (χ2n) is 6.23. The van der Waals surface area contributed by atoms with Crippen molar-refractivity contribution in [2.24, 2.45) is 5.73 Å². The Labute approximate surface area is 120 Å². The van der Waals surface area contributed by atoms with Gasteiger partial charge in [-0.25, -0.2) is 4.98 Å². The van der Waals surface area contributed by atoms with Crippen LogP contribution in [0.1, 0.15) is 51.1 Å². The van der Waals surface area contributed by atoms with Crippen LogP contribution in [-0.4, -0.2) is 29.8 Å². The summed E-state index contributed by atoms with van der Waals surface area (Å²) in [5.41, 5.74) is 6.87. The van der Waals surface area contributed by atoms with Crippen molar-refractivity contribution in [1.82, 2.24) is 4.98 Å². The summed E-state index contributed by atoms with van der Waals surface area (Å²) in [5.74, 6) is 0.426. The number of aromatic nitrogens is 1. The van der Waals surface area contributed by atoms with E-state index < -0.39 is 0 Å². The predicted molar refractivity (Wildman–Crippen MR) is 80.9 cm³/mol. The van der Waals surface area contributed by atoms with E-state index in [2.05, 4.69) is 39.5 Å². The number of hydrogen-bond acceptors (Lipinski definition) is 5. The van der Waals surface area contributed by atoms with Crippen LogP contribution in [-0.2, 0) is 11.3 Å². The molecule has 0 bridgehead atoms. The molecule has 1 saturated heterocycles. The van der Waals surface area contributed by atoms with Gasteiger partial charge in [-0.1, -0.05) is 13.8 Å². The smallest absolute Gasteiger partial charge is 0.186 e. The van der Waals surface area contributed by atoms with E-state index in [9.17, 15) is 0 Å². The van der Waals surface area contributed by atoms with Gasteiger partial charge in [-0.2, -0.15) is 0 Å². The highest BCUT2D eigenvalue weighted by Gasteiger charge is 2.33. The van der Waals surface area contributed by atoms with Gasteiger partial charge in [0.1, 0.15) is 0 Å². The topological polar surface area (TPSA) is 51.4 Å². The summed E-state index contributed by atoms with van der Waals surface area (Å²) in [6.07, 6.45) is 0.233. The van der Waals surface area contributed by atoms with Crippen LogP contribution in [0, 0.1) is 0 Å². The number of morpholine rings is 1. The number of thiazole rings is 1. The van der Waals surface area contributed by atoms with Crippen LogP contribution in [0.4, 0.5) is 5.13 Å². The molecule has 0 spiro atoms. The maximum atomic E-state index is 5.95. The third kappa shape index (κ3) is 3.27. The molecule has 1 aromatic rings. The van der Waals surface area contributed by atoms with Crippen molar-refractivity contribution >= 4 is 16.5 Å². The first kappa shape index (κ1) is 14.8. The van der Waals surface area contributed by atoms with Crippen LogP contribution in [0.5, 0.6) is 0 Å². The molecular weight excluding hydrogens is 258 g/mol. The zero-order valence-electron chi connectivity index (χ0n) is 12.6. The van der Waals surface area contributed by atoms with E-state index in [0.29, 0.717) is 12.5 Å². The van der Waals surface area contributed by atoms with Crippen molar-refractivity contribution in [3.63, 3.8) is 0 Å². The highest BCUT2D eigenvalue weighted by Crippen LogP contribution is 2.33. The molecule has 1 aliphatic rings. The number of nitrogens with zero attached hydrogens (tertiary/aromatic N) is 2. The Kier molecular flexibility index (Phi) is 4.18. The molecule has 0 amide bonds. The Balaban J connectivity index is 2.26. The first-order valence-corrected chi connectivity index (χ1v) is 7.76. The molecule has 0 saturated carbocycles. The van der Waals surface area contributed by atoms with E-state index in [1.165, 1.54) is 4.88 Å². The van der Waals surface area contributed by atoms with Gasteiger partial charge in [0, 0.05) is 24.5 Å². The van der Waals surface area contributed by atoms with Gasteiger partial charge in [-0.05, 0) is 26.7 Å². The summed E-state index contributed by atoms with van der Waals surface area (Å²) in [6.45, 7) is 13.1. The van der Waals surface area contributed by atoms with Crippen molar-refractivity contribution in [2.45, 2.75) is 58.8 Å². The molecule has 19 heavy (non-hydrogen) atoms. The fourth-order valence-corrected chi connectivity index (χ4v) is 3.78. The molecule has 1 unspecified atom stereocenters. The average Bonchev–Trinajstić information content (AvgIpc) is 2.70. The maximum absolute atomic E-state index is 5.95. The van der Waals surface area contributed by atoms with Crippen LogP contribution < -0.4 is 10.6 Å². The van der Waals surface area contributed by atoms with Crippen LogP contribution in [0.15, 0.2) is 0 Å². The summed E-state index contributed by atoms with van der Waals surface area (Å²) < 4.78 is 5.95. The minimum absolute atomic E-state index is 0.121. The maximum Gasteiger partial charge on any atom is 0.186 e. The van der Waals surface area contributed by atoms with Gasteiger partial charge in [0.05, 0.1) is 17.4 Å². The second kappa shape index (κ2) is 5.38. The van der Waals surface area contributed by atoms with Gasteiger partial charge < -0.3 is 15.4 Å². The molecule has 2 rings (SSSR count). The van der Waals surface area contributed by atoms with Gasteiger partial charge >= 0.3 is 0 Å². The van der Waals surface area contributed by atoms with E-state index in [1.54, 1.807) is 11.3 Å². The molecule has 5 heteroatoms. The number of ether oxygens (including phenoxy) is 1. The van der Waals surface area contributed by atoms with Crippen LogP contribution in [0.25, 0.3) is 0 Å². The van der Waals surface area contributed by atoms with Crippen molar-refractivity contribution in [2.75, 3.05) is 18.0 Å². The Morgan fingerprint density at radius 3 is 2.68 bits per heavy atom. The molecular formula is C14H25N3OS. The molecule has 1 aromatic heterocycles. The molecule has 2 N–H and O–H groups in total. The number of nitrogens with two attached hydrogens (primary N) is 1. The summed E-state index contributed by atoms with van der Waals surface area (Å²) in [5, 5.41) is 1.09. The zero-order valence-corrected chi connectivity index (χ0v) is 13.4. The number of rotatable bonds is 3. The first-order valence-electron chi connectivity index (χ1n) is 6.95. The SMILES string of the molecule is CC1CN(c2nc(C(C)C)c(CN)s2)CC(C)(C)O1. The molecule has 1 aliphatic heterocycles. The third-order valence-corrected chi connectivity index (χ3v) is 4.44. The fourth-order valence-electron chi connectivity index (χ4n) is 2.68. The van der Waals surface area contributed by atoms with Crippen molar-refractivity contribution in [3.05, 3.63) is 10.6 Å². The Morgan fingerprint density at radius 2 is 2.21 bits per heavy atom. The lowest BCUT2D eigenvalue weighted by atomic mass is 10.1. The number of hydrogen-bond donors (Lipinski definition) is 1. The summed E-state index contributed by atoms with van der Waals surface area (Å²) in [6, 6.07) is 0. The normalized spacial score (nSPS) is 23.1. The molecule has 2 heterocycles. The Morgan fingerprint density at radius 1 is 1.53 bits per heavy atom.